The van der Waals surface area contributed by atoms with Crippen LogP contribution in [0.4, 0.5) is 0 Å². The Hall–Kier alpha value is -1.85. The molecule has 0 aliphatic carbocycles. The van der Waals surface area contributed by atoms with Gasteiger partial charge in [-0.3, -0.25) is 9.78 Å². The number of carbonyl (C=O) groups is 1. The van der Waals surface area contributed by atoms with Gasteiger partial charge in [0.2, 0.25) is 0 Å². The maximum absolute atomic E-state index is 12.2. The number of aryl methyl sites for hydroxylation is 1. The Morgan fingerprint density at radius 1 is 1.29 bits per heavy atom. The normalized spacial score (nSPS) is 12.0. The summed E-state index contributed by atoms with van der Waals surface area (Å²) >= 11 is 1.33. The summed E-state index contributed by atoms with van der Waals surface area (Å²) in [5, 5.41) is 9.69. The first-order chi connectivity index (χ1) is 11.6. The van der Waals surface area contributed by atoms with Gasteiger partial charge in [0, 0.05) is 18.5 Å². The van der Waals surface area contributed by atoms with Gasteiger partial charge in [-0.15, -0.1) is 0 Å². The van der Waals surface area contributed by atoms with Gasteiger partial charge in [0.25, 0.3) is 0 Å². The smallest absolute Gasteiger partial charge is 0.189 e. The molecule has 5 heteroatoms. The number of thioether (sulfide) groups is 1. The third kappa shape index (κ3) is 4.58. The van der Waals surface area contributed by atoms with Gasteiger partial charge in [0.1, 0.15) is 5.75 Å². The quantitative estimate of drug-likeness (QED) is 0.829. The number of pyridine rings is 1. The van der Waals surface area contributed by atoms with Crippen molar-refractivity contribution < 1.29 is 14.6 Å². The fourth-order valence-corrected chi connectivity index (χ4v) is 3.24. The average molecular weight is 345 g/mol. The van der Waals surface area contributed by atoms with E-state index >= 15 is 0 Å². The van der Waals surface area contributed by atoms with E-state index < -0.39 is 0 Å². The van der Waals surface area contributed by atoms with Gasteiger partial charge in [0.15, 0.2) is 5.12 Å². The number of benzene rings is 1. The Labute approximate surface area is 147 Å². The molecule has 4 nitrogen and oxygen atoms in total. The molecule has 0 saturated heterocycles. The summed E-state index contributed by atoms with van der Waals surface area (Å²) in [6.07, 6.45) is 3.81. The summed E-state index contributed by atoms with van der Waals surface area (Å²) < 4.78 is 5.26. The van der Waals surface area contributed by atoms with E-state index in [9.17, 15) is 9.90 Å². The van der Waals surface area contributed by atoms with Gasteiger partial charge in [-0.1, -0.05) is 36.9 Å². The molecule has 1 heterocycles. The van der Waals surface area contributed by atoms with Crippen molar-refractivity contribution in [3.8, 4) is 5.75 Å². The fourth-order valence-electron chi connectivity index (χ4n) is 2.63. The Morgan fingerprint density at radius 3 is 2.75 bits per heavy atom. The summed E-state index contributed by atoms with van der Waals surface area (Å²) in [6, 6.07) is 7.89. The van der Waals surface area contributed by atoms with Gasteiger partial charge in [-0.2, -0.15) is 0 Å². The standard InChI is InChI=1S/C19H23NO3S/c1-4-24-19(22)9-18(15-8-17(23-3)11-20-10-15)14-6-5-13(2)16(7-14)12-21/h5-8,10-11,18,21H,4,9,12H2,1-3H3. The predicted octanol–water partition coefficient (Wildman–Crippen LogP) is 3.69. The lowest BCUT2D eigenvalue weighted by Crippen LogP contribution is -2.08. The highest BCUT2D eigenvalue weighted by Gasteiger charge is 2.20. The molecule has 0 fully saturated rings. The number of aromatic nitrogens is 1. The van der Waals surface area contributed by atoms with Crippen LogP contribution in [0.15, 0.2) is 36.7 Å². The molecule has 0 bridgehead atoms. The summed E-state index contributed by atoms with van der Waals surface area (Å²) in [4.78, 5) is 16.5. The average Bonchev–Trinajstić information content (AvgIpc) is 2.60. The maximum atomic E-state index is 12.2. The zero-order valence-corrected chi connectivity index (χ0v) is 15.1. The van der Waals surface area contributed by atoms with Crippen LogP contribution in [0.5, 0.6) is 5.75 Å². The highest BCUT2D eigenvalue weighted by atomic mass is 32.2. The summed E-state index contributed by atoms with van der Waals surface area (Å²) in [5.74, 6) is 1.32. The van der Waals surface area contributed by atoms with Crippen molar-refractivity contribution in [2.24, 2.45) is 0 Å². The minimum atomic E-state index is -0.106. The van der Waals surface area contributed by atoms with Crippen molar-refractivity contribution in [2.75, 3.05) is 12.9 Å². The second kappa shape index (κ2) is 8.85. The van der Waals surface area contributed by atoms with E-state index in [4.69, 9.17) is 4.74 Å². The van der Waals surface area contributed by atoms with Crippen LogP contribution < -0.4 is 4.74 Å². The Bertz CT molecular complexity index is 703. The molecule has 0 amide bonds. The minimum absolute atomic E-state index is 0.0135. The van der Waals surface area contributed by atoms with Crippen molar-refractivity contribution in [2.45, 2.75) is 32.8 Å². The van der Waals surface area contributed by atoms with E-state index in [2.05, 4.69) is 4.98 Å². The summed E-state index contributed by atoms with van der Waals surface area (Å²) in [7, 11) is 1.60. The van der Waals surface area contributed by atoms with E-state index in [0.717, 1.165) is 28.0 Å². The van der Waals surface area contributed by atoms with Crippen LogP contribution in [0.3, 0.4) is 0 Å². The van der Waals surface area contributed by atoms with Crippen LogP contribution in [-0.4, -0.2) is 28.1 Å². The lowest BCUT2D eigenvalue weighted by atomic mass is 9.88. The molecule has 0 radical (unpaired) electrons. The number of hydrogen-bond donors (Lipinski definition) is 1. The van der Waals surface area contributed by atoms with Crippen molar-refractivity contribution >= 4 is 16.9 Å². The molecule has 1 N–H and O–H groups in total. The van der Waals surface area contributed by atoms with Crippen molar-refractivity contribution in [3.05, 3.63) is 58.9 Å². The van der Waals surface area contributed by atoms with Crippen LogP contribution in [-0.2, 0) is 11.4 Å². The zero-order chi connectivity index (χ0) is 17.5. The second-order valence-electron chi connectivity index (χ2n) is 5.56. The molecule has 2 aromatic rings. The first-order valence-corrected chi connectivity index (χ1v) is 8.92. The second-order valence-corrected chi connectivity index (χ2v) is 6.89. The number of aliphatic hydroxyl groups is 1. The number of rotatable bonds is 7. The number of carbonyl (C=O) groups excluding carboxylic acids is 1. The van der Waals surface area contributed by atoms with Crippen molar-refractivity contribution in [1.82, 2.24) is 4.98 Å². The van der Waals surface area contributed by atoms with E-state index in [1.807, 2.05) is 38.1 Å². The van der Waals surface area contributed by atoms with Crippen LogP contribution in [0.2, 0.25) is 0 Å². The molecule has 1 atom stereocenters. The van der Waals surface area contributed by atoms with Gasteiger partial charge in [-0.25, -0.2) is 0 Å². The van der Waals surface area contributed by atoms with Gasteiger partial charge in [-0.05, 0) is 41.0 Å². The highest BCUT2D eigenvalue weighted by molar-refractivity contribution is 8.13. The molecule has 128 valence electrons. The molecule has 0 saturated carbocycles. The van der Waals surface area contributed by atoms with Crippen molar-refractivity contribution in [1.29, 1.82) is 0 Å². The van der Waals surface area contributed by atoms with Crippen LogP contribution in [0.1, 0.15) is 41.5 Å². The first-order valence-electron chi connectivity index (χ1n) is 7.93. The molecule has 0 aliphatic heterocycles. The van der Waals surface area contributed by atoms with Crippen LogP contribution in [0, 0.1) is 6.92 Å². The molecule has 1 aromatic carbocycles. The maximum Gasteiger partial charge on any atom is 0.189 e. The molecule has 24 heavy (non-hydrogen) atoms. The molecule has 1 unspecified atom stereocenters. The van der Waals surface area contributed by atoms with Crippen molar-refractivity contribution in [3.63, 3.8) is 0 Å². The zero-order valence-electron chi connectivity index (χ0n) is 14.3. The Morgan fingerprint density at radius 2 is 2.08 bits per heavy atom. The SMILES string of the molecule is CCSC(=O)CC(c1cncc(OC)c1)c1ccc(C)c(CO)c1. The molecular formula is C19H23NO3S. The molecular weight excluding hydrogens is 322 g/mol. The molecule has 0 aliphatic rings. The molecule has 2 rings (SSSR count). The third-order valence-corrected chi connectivity index (χ3v) is 4.77. The largest absolute Gasteiger partial charge is 0.495 e. The number of hydrogen-bond acceptors (Lipinski definition) is 5. The number of nitrogens with zero attached hydrogens (tertiary/aromatic N) is 1. The predicted molar refractivity (Wildman–Crippen MR) is 97.5 cm³/mol. The van der Waals surface area contributed by atoms with Gasteiger partial charge < -0.3 is 9.84 Å². The van der Waals surface area contributed by atoms with Crippen LogP contribution in [0.25, 0.3) is 0 Å². The van der Waals surface area contributed by atoms with E-state index in [1.54, 1.807) is 19.5 Å². The number of ether oxygens (including phenoxy) is 1. The fraction of sp³-hybridized carbons (Fsp3) is 0.368. The first kappa shape index (κ1) is 18.5. The Kier molecular flexibility index (Phi) is 6.82. The van der Waals surface area contributed by atoms with Gasteiger partial charge in [0.05, 0.1) is 19.9 Å². The van der Waals surface area contributed by atoms with Gasteiger partial charge >= 0.3 is 0 Å². The summed E-state index contributed by atoms with van der Waals surface area (Å²) in [6.45, 7) is 3.93. The Balaban J connectivity index is 2.43. The monoisotopic (exact) mass is 345 g/mol. The highest BCUT2D eigenvalue weighted by Crippen LogP contribution is 2.32. The molecule has 0 spiro atoms. The molecule has 1 aromatic heterocycles. The van der Waals surface area contributed by atoms with E-state index in [-0.39, 0.29) is 17.6 Å². The lowest BCUT2D eigenvalue weighted by Gasteiger charge is -2.19. The minimum Gasteiger partial charge on any atom is -0.495 e. The van der Waals surface area contributed by atoms with E-state index in [0.29, 0.717) is 12.2 Å². The van der Waals surface area contributed by atoms with E-state index in [1.165, 1.54) is 11.8 Å². The van der Waals surface area contributed by atoms with Crippen LogP contribution >= 0.6 is 11.8 Å². The lowest BCUT2D eigenvalue weighted by molar-refractivity contribution is -0.111. The number of methoxy groups -OCH3 is 1. The topological polar surface area (TPSA) is 59.4 Å². The number of aliphatic hydroxyl groups excluding tert-OH is 1. The third-order valence-electron chi connectivity index (χ3n) is 3.99. The summed E-state index contributed by atoms with van der Waals surface area (Å²) in [5.41, 5.74) is 3.86.